The van der Waals surface area contributed by atoms with Crippen LogP contribution in [0.15, 0.2) is 11.9 Å². The molecule has 0 spiro atoms. The SMILES string of the molecule is O=C1OC(C2CC=C(N3CCNC3)NN2)NC2CCOCC12. The van der Waals surface area contributed by atoms with Gasteiger partial charge in [0.1, 0.15) is 5.82 Å². The lowest BCUT2D eigenvalue weighted by Crippen LogP contribution is -2.65. The van der Waals surface area contributed by atoms with Gasteiger partial charge in [0.2, 0.25) is 0 Å². The molecule has 0 aliphatic carbocycles. The molecule has 4 aliphatic heterocycles. The molecule has 0 radical (unpaired) electrons. The van der Waals surface area contributed by atoms with E-state index in [0.717, 1.165) is 38.4 Å². The summed E-state index contributed by atoms with van der Waals surface area (Å²) in [6, 6.07) is 0.196. The molecule has 8 heteroatoms. The first kappa shape index (κ1) is 14.3. The highest BCUT2D eigenvalue weighted by molar-refractivity contribution is 5.74. The lowest BCUT2D eigenvalue weighted by Gasteiger charge is -2.42. The maximum atomic E-state index is 12.1. The number of rotatable bonds is 2. The monoisotopic (exact) mass is 309 g/mol. The van der Waals surface area contributed by atoms with Crippen molar-refractivity contribution in [1.82, 2.24) is 26.4 Å². The number of esters is 1. The van der Waals surface area contributed by atoms with Gasteiger partial charge in [-0.25, -0.2) is 5.43 Å². The molecule has 122 valence electrons. The summed E-state index contributed by atoms with van der Waals surface area (Å²) in [6.07, 6.45) is 3.54. The van der Waals surface area contributed by atoms with Crippen LogP contribution in [0.2, 0.25) is 0 Å². The minimum Gasteiger partial charge on any atom is -0.444 e. The average Bonchev–Trinajstić information content (AvgIpc) is 3.09. The molecule has 3 saturated heterocycles. The number of cyclic esters (lactones) is 1. The molecule has 22 heavy (non-hydrogen) atoms. The standard InChI is InChI=1S/C14H23N5O3/c20-14-9-7-21-6-3-10(9)16-13(22-14)11-1-2-12(18-17-11)19-5-4-15-8-19/h2,9-11,13,15-18H,1,3-8H2. The van der Waals surface area contributed by atoms with Crippen molar-refractivity contribution in [3.05, 3.63) is 11.9 Å². The largest absolute Gasteiger partial charge is 0.444 e. The highest BCUT2D eigenvalue weighted by atomic mass is 16.6. The molecule has 0 bridgehead atoms. The summed E-state index contributed by atoms with van der Waals surface area (Å²) in [5.41, 5.74) is 6.51. The fourth-order valence-corrected chi connectivity index (χ4v) is 3.46. The van der Waals surface area contributed by atoms with Gasteiger partial charge in [-0.15, -0.1) is 0 Å². The van der Waals surface area contributed by atoms with Crippen LogP contribution in [0.25, 0.3) is 0 Å². The van der Waals surface area contributed by atoms with E-state index in [-0.39, 0.29) is 30.2 Å². The van der Waals surface area contributed by atoms with E-state index < -0.39 is 0 Å². The number of nitrogens with one attached hydrogen (secondary N) is 4. The molecule has 4 aliphatic rings. The number of carbonyl (C=O) groups excluding carboxylic acids is 1. The van der Waals surface area contributed by atoms with E-state index in [2.05, 4.69) is 32.5 Å². The van der Waals surface area contributed by atoms with Gasteiger partial charge in [0.15, 0.2) is 6.23 Å². The van der Waals surface area contributed by atoms with Crippen LogP contribution in [0.5, 0.6) is 0 Å². The van der Waals surface area contributed by atoms with E-state index in [4.69, 9.17) is 9.47 Å². The van der Waals surface area contributed by atoms with Crippen LogP contribution in [0, 0.1) is 5.92 Å². The molecule has 0 saturated carbocycles. The molecule has 0 aromatic rings. The van der Waals surface area contributed by atoms with E-state index in [9.17, 15) is 4.79 Å². The van der Waals surface area contributed by atoms with E-state index in [1.165, 1.54) is 0 Å². The zero-order valence-corrected chi connectivity index (χ0v) is 12.5. The summed E-state index contributed by atoms with van der Waals surface area (Å²) >= 11 is 0. The van der Waals surface area contributed by atoms with Crippen LogP contribution in [-0.2, 0) is 14.3 Å². The third-order valence-corrected chi connectivity index (χ3v) is 4.80. The lowest BCUT2D eigenvalue weighted by molar-refractivity contribution is -0.175. The van der Waals surface area contributed by atoms with Crippen molar-refractivity contribution < 1.29 is 14.3 Å². The zero-order valence-electron chi connectivity index (χ0n) is 12.5. The second-order valence-corrected chi connectivity index (χ2v) is 6.22. The normalized spacial score (nSPS) is 38.8. The first-order chi connectivity index (χ1) is 10.8. The molecule has 8 nitrogen and oxygen atoms in total. The topological polar surface area (TPSA) is 86.9 Å². The van der Waals surface area contributed by atoms with E-state index in [1.54, 1.807) is 0 Å². The number of hydrogen-bond donors (Lipinski definition) is 4. The average molecular weight is 309 g/mol. The Morgan fingerprint density at radius 3 is 3.05 bits per heavy atom. The number of ether oxygens (including phenoxy) is 2. The molecular formula is C14H23N5O3. The van der Waals surface area contributed by atoms with Gasteiger partial charge in [0, 0.05) is 25.7 Å². The van der Waals surface area contributed by atoms with Gasteiger partial charge in [-0.05, 0) is 18.9 Å². The molecule has 4 atom stereocenters. The molecule has 0 aromatic heterocycles. The Morgan fingerprint density at radius 1 is 1.32 bits per heavy atom. The summed E-state index contributed by atoms with van der Waals surface area (Å²) in [4.78, 5) is 14.4. The van der Waals surface area contributed by atoms with Crippen molar-refractivity contribution in [2.24, 2.45) is 5.92 Å². The number of fused-ring (bicyclic) bond motifs is 1. The third kappa shape index (κ3) is 2.67. The Morgan fingerprint density at radius 2 is 2.27 bits per heavy atom. The van der Waals surface area contributed by atoms with Gasteiger partial charge in [-0.3, -0.25) is 15.4 Å². The molecule has 4 rings (SSSR count). The molecule has 0 aromatic carbocycles. The van der Waals surface area contributed by atoms with Gasteiger partial charge >= 0.3 is 5.97 Å². The second-order valence-electron chi connectivity index (χ2n) is 6.22. The predicted octanol–water partition coefficient (Wildman–Crippen LogP) is -1.57. The first-order valence-electron chi connectivity index (χ1n) is 8.03. The summed E-state index contributed by atoms with van der Waals surface area (Å²) in [5, 5.41) is 6.76. The van der Waals surface area contributed by atoms with Gasteiger partial charge in [0.25, 0.3) is 0 Å². The Labute approximate surface area is 129 Å². The first-order valence-corrected chi connectivity index (χ1v) is 8.03. The van der Waals surface area contributed by atoms with Gasteiger partial charge < -0.3 is 19.8 Å². The number of carbonyl (C=O) groups is 1. The van der Waals surface area contributed by atoms with Gasteiger partial charge in [0.05, 0.1) is 25.2 Å². The second kappa shape index (κ2) is 6.04. The summed E-state index contributed by atoms with van der Waals surface area (Å²) in [5.74, 6) is 0.782. The zero-order chi connectivity index (χ0) is 14.9. The third-order valence-electron chi connectivity index (χ3n) is 4.80. The van der Waals surface area contributed by atoms with Crippen molar-refractivity contribution >= 4 is 5.97 Å². The highest BCUT2D eigenvalue weighted by Gasteiger charge is 2.42. The molecule has 4 N–H and O–H groups in total. The Kier molecular flexibility index (Phi) is 3.91. The van der Waals surface area contributed by atoms with E-state index in [1.807, 2.05) is 0 Å². The van der Waals surface area contributed by atoms with E-state index in [0.29, 0.717) is 13.2 Å². The highest BCUT2D eigenvalue weighted by Crippen LogP contribution is 2.24. The van der Waals surface area contributed by atoms with Crippen molar-refractivity contribution in [2.75, 3.05) is 33.0 Å². The fraction of sp³-hybridized carbons (Fsp3) is 0.786. The predicted molar refractivity (Wildman–Crippen MR) is 78.1 cm³/mol. The smallest absolute Gasteiger partial charge is 0.314 e. The minimum absolute atomic E-state index is 0.0343. The van der Waals surface area contributed by atoms with Crippen LogP contribution in [-0.4, -0.2) is 62.2 Å². The summed E-state index contributed by atoms with van der Waals surface area (Å²) in [7, 11) is 0. The number of nitrogens with zero attached hydrogens (tertiary/aromatic N) is 1. The van der Waals surface area contributed by atoms with Crippen molar-refractivity contribution in [2.45, 2.75) is 31.2 Å². The Bertz CT molecular complexity index is 465. The van der Waals surface area contributed by atoms with Crippen LogP contribution in [0.3, 0.4) is 0 Å². The molecule has 0 amide bonds. The van der Waals surface area contributed by atoms with Gasteiger partial charge in [-0.1, -0.05) is 0 Å². The number of hydrogen-bond acceptors (Lipinski definition) is 8. The number of hydrazine groups is 1. The van der Waals surface area contributed by atoms with Crippen LogP contribution in [0.4, 0.5) is 0 Å². The molecule has 4 heterocycles. The maximum Gasteiger partial charge on any atom is 0.314 e. The lowest BCUT2D eigenvalue weighted by atomic mass is 9.93. The summed E-state index contributed by atoms with van der Waals surface area (Å²) in [6.45, 7) is 4.05. The molecule has 3 fully saturated rings. The quantitative estimate of drug-likeness (QED) is 0.456. The minimum atomic E-state index is -0.297. The summed E-state index contributed by atoms with van der Waals surface area (Å²) < 4.78 is 10.9. The van der Waals surface area contributed by atoms with Crippen LogP contribution < -0.4 is 21.5 Å². The van der Waals surface area contributed by atoms with E-state index >= 15 is 0 Å². The van der Waals surface area contributed by atoms with Crippen molar-refractivity contribution in [1.29, 1.82) is 0 Å². The van der Waals surface area contributed by atoms with Gasteiger partial charge in [-0.2, -0.15) is 0 Å². The van der Waals surface area contributed by atoms with Crippen LogP contribution >= 0.6 is 0 Å². The fourth-order valence-electron chi connectivity index (χ4n) is 3.46. The molecule has 4 unspecified atom stereocenters. The van der Waals surface area contributed by atoms with Crippen molar-refractivity contribution in [3.8, 4) is 0 Å². The Hall–Kier alpha value is -1.35. The van der Waals surface area contributed by atoms with Crippen molar-refractivity contribution in [3.63, 3.8) is 0 Å². The molecular weight excluding hydrogens is 286 g/mol. The maximum absolute atomic E-state index is 12.1. The Balaban J connectivity index is 1.38. The van der Waals surface area contributed by atoms with Crippen LogP contribution in [0.1, 0.15) is 12.8 Å².